The van der Waals surface area contributed by atoms with E-state index in [1.807, 2.05) is 0 Å². The van der Waals surface area contributed by atoms with Crippen LogP contribution in [0.3, 0.4) is 0 Å². The third-order valence-corrected chi connectivity index (χ3v) is 5.72. The molecule has 1 fully saturated rings. The zero-order chi connectivity index (χ0) is 13.4. The lowest BCUT2D eigenvalue weighted by molar-refractivity contribution is 0.110. The highest BCUT2D eigenvalue weighted by atomic mass is 35.5. The van der Waals surface area contributed by atoms with Gasteiger partial charge in [-0.2, -0.15) is 0 Å². The molecule has 18 heavy (non-hydrogen) atoms. The van der Waals surface area contributed by atoms with Gasteiger partial charge in [0, 0.05) is 0 Å². The first-order valence-corrected chi connectivity index (χ1v) is 7.73. The van der Waals surface area contributed by atoms with E-state index in [2.05, 4.69) is 4.72 Å². The average molecular weight is 310 g/mol. The maximum atomic E-state index is 12.2. The minimum absolute atomic E-state index is 0.000852. The summed E-state index contributed by atoms with van der Waals surface area (Å²) >= 11 is 11.7. The van der Waals surface area contributed by atoms with Gasteiger partial charge in [0.05, 0.1) is 22.2 Å². The zero-order valence-electron chi connectivity index (χ0n) is 9.49. The van der Waals surface area contributed by atoms with Gasteiger partial charge in [0.25, 0.3) is 0 Å². The van der Waals surface area contributed by atoms with Crippen LogP contribution in [0.5, 0.6) is 0 Å². The molecule has 0 atom stereocenters. The van der Waals surface area contributed by atoms with Gasteiger partial charge in [-0.15, -0.1) is 0 Å². The molecular formula is C11H13Cl2NO3S. The smallest absolute Gasteiger partial charge is 0.242 e. The van der Waals surface area contributed by atoms with Crippen molar-refractivity contribution in [2.75, 3.05) is 6.61 Å². The molecule has 0 radical (unpaired) electrons. The number of hydrogen-bond acceptors (Lipinski definition) is 3. The fourth-order valence-electron chi connectivity index (χ4n) is 1.93. The Morgan fingerprint density at radius 2 is 2.00 bits per heavy atom. The number of aliphatic hydroxyl groups is 1. The van der Waals surface area contributed by atoms with E-state index in [0.29, 0.717) is 12.8 Å². The highest BCUT2D eigenvalue weighted by molar-refractivity contribution is 7.89. The van der Waals surface area contributed by atoms with Crippen molar-refractivity contribution in [2.24, 2.45) is 0 Å². The van der Waals surface area contributed by atoms with Gasteiger partial charge in [0.2, 0.25) is 10.0 Å². The summed E-state index contributed by atoms with van der Waals surface area (Å²) in [6.45, 7) is -0.218. The van der Waals surface area contributed by atoms with Gasteiger partial charge in [0.1, 0.15) is 4.90 Å². The summed E-state index contributed by atoms with van der Waals surface area (Å²) in [5, 5.41) is 9.47. The van der Waals surface area contributed by atoms with E-state index in [1.54, 1.807) is 0 Å². The van der Waals surface area contributed by atoms with Crippen LogP contribution in [0.25, 0.3) is 0 Å². The molecule has 0 aromatic heterocycles. The molecule has 0 aliphatic heterocycles. The van der Waals surface area contributed by atoms with E-state index in [-0.39, 0.29) is 21.5 Å². The van der Waals surface area contributed by atoms with Crippen LogP contribution in [0.1, 0.15) is 19.3 Å². The van der Waals surface area contributed by atoms with Crippen LogP contribution in [-0.4, -0.2) is 25.7 Å². The monoisotopic (exact) mass is 309 g/mol. The third-order valence-electron chi connectivity index (χ3n) is 3.17. The normalized spacial score (nSPS) is 18.4. The molecule has 1 aromatic carbocycles. The molecule has 0 heterocycles. The van der Waals surface area contributed by atoms with Crippen LogP contribution < -0.4 is 4.72 Å². The molecule has 1 aliphatic rings. The Kier molecular flexibility index (Phi) is 3.90. The Bertz CT molecular complexity index is 550. The maximum absolute atomic E-state index is 12.2. The Morgan fingerprint density at radius 1 is 1.33 bits per heavy atom. The summed E-state index contributed by atoms with van der Waals surface area (Å²) in [6.07, 6.45) is 2.15. The van der Waals surface area contributed by atoms with E-state index in [4.69, 9.17) is 23.2 Å². The number of halogens is 2. The minimum atomic E-state index is -3.77. The number of rotatable bonds is 4. The molecule has 0 saturated heterocycles. The maximum Gasteiger partial charge on any atom is 0.242 e. The highest BCUT2D eigenvalue weighted by Gasteiger charge is 2.40. The predicted octanol–water partition coefficient (Wildman–Crippen LogP) is 2.19. The molecule has 0 spiro atoms. The van der Waals surface area contributed by atoms with Crippen molar-refractivity contribution in [1.82, 2.24) is 4.72 Å². The van der Waals surface area contributed by atoms with Crippen LogP contribution in [0.4, 0.5) is 0 Å². The molecule has 100 valence electrons. The van der Waals surface area contributed by atoms with Crippen LogP contribution in [-0.2, 0) is 10.0 Å². The van der Waals surface area contributed by atoms with E-state index in [9.17, 15) is 13.5 Å². The fraction of sp³-hybridized carbons (Fsp3) is 0.455. The van der Waals surface area contributed by atoms with Gasteiger partial charge < -0.3 is 5.11 Å². The van der Waals surface area contributed by atoms with Gasteiger partial charge in [-0.05, 0) is 31.4 Å². The van der Waals surface area contributed by atoms with Crippen molar-refractivity contribution < 1.29 is 13.5 Å². The number of aliphatic hydroxyl groups excluding tert-OH is 1. The molecule has 0 amide bonds. The highest BCUT2D eigenvalue weighted by Crippen LogP contribution is 2.35. The standard InChI is InChI=1S/C11H13Cl2NO3S/c12-8-3-1-4-9(10(8)13)18(16,17)14-11(7-15)5-2-6-11/h1,3-4,14-15H,2,5-7H2. The van der Waals surface area contributed by atoms with E-state index >= 15 is 0 Å². The second-order valence-electron chi connectivity index (χ2n) is 4.45. The van der Waals surface area contributed by atoms with Crippen LogP contribution >= 0.6 is 23.2 Å². The number of hydrogen-bond donors (Lipinski definition) is 2. The quantitative estimate of drug-likeness (QED) is 0.896. The lowest BCUT2D eigenvalue weighted by Crippen LogP contribution is -2.55. The first-order chi connectivity index (χ1) is 8.40. The summed E-state index contributed by atoms with van der Waals surface area (Å²) < 4.78 is 26.9. The van der Waals surface area contributed by atoms with Crippen LogP contribution in [0, 0.1) is 0 Å². The fourth-order valence-corrected chi connectivity index (χ4v) is 4.14. The molecule has 0 bridgehead atoms. The van der Waals surface area contributed by atoms with Crippen molar-refractivity contribution in [2.45, 2.75) is 29.7 Å². The predicted molar refractivity (Wildman–Crippen MR) is 70.5 cm³/mol. The first kappa shape index (κ1) is 14.1. The van der Waals surface area contributed by atoms with Gasteiger partial charge in [-0.25, -0.2) is 13.1 Å². The summed E-state index contributed by atoms with van der Waals surface area (Å²) in [4.78, 5) is -0.0589. The first-order valence-electron chi connectivity index (χ1n) is 5.49. The van der Waals surface area contributed by atoms with Crippen molar-refractivity contribution in [3.05, 3.63) is 28.2 Å². The van der Waals surface area contributed by atoms with E-state index < -0.39 is 15.6 Å². The van der Waals surface area contributed by atoms with Gasteiger partial charge in [-0.1, -0.05) is 29.3 Å². The Hall–Kier alpha value is -0.330. The van der Waals surface area contributed by atoms with Crippen molar-refractivity contribution in [3.8, 4) is 0 Å². The van der Waals surface area contributed by atoms with Crippen LogP contribution in [0.15, 0.2) is 23.1 Å². The molecular weight excluding hydrogens is 297 g/mol. The summed E-state index contributed by atoms with van der Waals surface area (Å²) in [5.74, 6) is 0. The second-order valence-corrected chi connectivity index (χ2v) is 6.89. The van der Waals surface area contributed by atoms with Crippen LogP contribution in [0.2, 0.25) is 10.0 Å². The zero-order valence-corrected chi connectivity index (χ0v) is 11.8. The third kappa shape index (κ3) is 2.51. The minimum Gasteiger partial charge on any atom is -0.394 e. The Balaban J connectivity index is 2.34. The summed E-state index contributed by atoms with van der Waals surface area (Å²) in [6, 6.07) is 4.43. The summed E-state index contributed by atoms with van der Waals surface area (Å²) in [7, 11) is -3.77. The van der Waals surface area contributed by atoms with Gasteiger partial charge >= 0.3 is 0 Å². The second kappa shape index (κ2) is 4.98. The van der Waals surface area contributed by atoms with Crippen molar-refractivity contribution in [3.63, 3.8) is 0 Å². The average Bonchev–Trinajstić information content (AvgIpc) is 2.27. The molecule has 1 aromatic rings. The molecule has 0 unspecified atom stereocenters. The Morgan fingerprint density at radius 3 is 2.50 bits per heavy atom. The van der Waals surface area contributed by atoms with E-state index in [1.165, 1.54) is 18.2 Å². The molecule has 2 N–H and O–H groups in total. The topological polar surface area (TPSA) is 66.4 Å². The number of sulfonamides is 1. The lowest BCUT2D eigenvalue weighted by Gasteiger charge is -2.40. The largest absolute Gasteiger partial charge is 0.394 e. The van der Waals surface area contributed by atoms with Gasteiger partial charge in [-0.3, -0.25) is 0 Å². The molecule has 7 heteroatoms. The number of nitrogens with one attached hydrogen (secondary N) is 1. The molecule has 1 saturated carbocycles. The van der Waals surface area contributed by atoms with Gasteiger partial charge in [0.15, 0.2) is 0 Å². The molecule has 2 rings (SSSR count). The Labute approximate surface area is 116 Å². The SMILES string of the molecule is O=S(=O)(NC1(CO)CCC1)c1cccc(Cl)c1Cl. The van der Waals surface area contributed by atoms with E-state index in [0.717, 1.165) is 6.42 Å². The lowest BCUT2D eigenvalue weighted by atomic mass is 9.78. The van der Waals surface area contributed by atoms with Crippen molar-refractivity contribution >= 4 is 33.2 Å². The number of benzene rings is 1. The summed E-state index contributed by atoms with van der Waals surface area (Å²) in [5.41, 5.74) is -0.746. The molecule has 1 aliphatic carbocycles. The van der Waals surface area contributed by atoms with Crippen molar-refractivity contribution in [1.29, 1.82) is 0 Å². The molecule has 4 nitrogen and oxygen atoms in total.